The number of nitrogens with zero attached hydrogens (tertiary/aromatic N) is 3. The van der Waals surface area contributed by atoms with Crippen molar-refractivity contribution in [3.63, 3.8) is 0 Å². The van der Waals surface area contributed by atoms with Crippen LogP contribution in [0.4, 0.5) is 0 Å². The first-order valence-corrected chi connectivity index (χ1v) is 6.59. The van der Waals surface area contributed by atoms with E-state index in [1.807, 2.05) is 24.3 Å². The molecule has 0 bridgehead atoms. The van der Waals surface area contributed by atoms with Crippen LogP contribution in [0.3, 0.4) is 0 Å². The molecule has 2 heterocycles. The largest absolute Gasteiger partial charge is 0.480 e. The zero-order valence-corrected chi connectivity index (χ0v) is 10.9. The monoisotopic (exact) mass is 273 g/mol. The molecule has 1 fully saturated rings. The molecule has 1 aliphatic rings. The van der Waals surface area contributed by atoms with Crippen molar-refractivity contribution in [2.75, 3.05) is 6.54 Å². The summed E-state index contributed by atoms with van der Waals surface area (Å²) in [6, 6.07) is 6.94. The van der Waals surface area contributed by atoms with E-state index in [0.717, 1.165) is 17.3 Å². The summed E-state index contributed by atoms with van der Waals surface area (Å²) in [7, 11) is 0. The molecule has 0 unspecified atom stereocenters. The Morgan fingerprint density at radius 2 is 2.15 bits per heavy atom. The summed E-state index contributed by atoms with van der Waals surface area (Å²) in [5.74, 6) is -1.12. The molecular weight excluding hydrogens is 258 g/mol. The summed E-state index contributed by atoms with van der Waals surface area (Å²) in [6.07, 6.45) is 2.98. The van der Waals surface area contributed by atoms with Gasteiger partial charge in [0.05, 0.1) is 11.7 Å². The summed E-state index contributed by atoms with van der Waals surface area (Å²) in [6.45, 7) is 0.590. The van der Waals surface area contributed by atoms with Crippen molar-refractivity contribution < 1.29 is 14.7 Å². The summed E-state index contributed by atoms with van der Waals surface area (Å²) >= 11 is 0. The number of carboxylic acids is 1. The van der Waals surface area contributed by atoms with Gasteiger partial charge in [-0.1, -0.05) is 18.2 Å². The lowest BCUT2D eigenvalue weighted by molar-refractivity contribution is -0.148. The van der Waals surface area contributed by atoms with Crippen molar-refractivity contribution >= 4 is 22.8 Å². The number of amides is 1. The number of para-hydroxylation sites is 1. The van der Waals surface area contributed by atoms with Crippen LogP contribution >= 0.6 is 0 Å². The number of hydrogen-bond donors (Lipinski definition) is 1. The van der Waals surface area contributed by atoms with Crippen molar-refractivity contribution in [2.45, 2.75) is 25.4 Å². The van der Waals surface area contributed by atoms with E-state index in [1.54, 1.807) is 10.9 Å². The van der Waals surface area contributed by atoms with Gasteiger partial charge in [-0.3, -0.25) is 9.48 Å². The summed E-state index contributed by atoms with van der Waals surface area (Å²) in [5, 5.41) is 14.3. The molecule has 1 amide bonds. The summed E-state index contributed by atoms with van der Waals surface area (Å²) in [5.41, 5.74) is 0.881. The zero-order chi connectivity index (χ0) is 14.1. The third kappa shape index (κ3) is 2.13. The molecule has 1 atom stereocenters. The zero-order valence-electron chi connectivity index (χ0n) is 10.9. The molecule has 0 saturated carbocycles. The van der Waals surface area contributed by atoms with Crippen LogP contribution in [0.15, 0.2) is 30.5 Å². The van der Waals surface area contributed by atoms with E-state index in [2.05, 4.69) is 5.10 Å². The van der Waals surface area contributed by atoms with Crippen molar-refractivity contribution in [1.29, 1.82) is 0 Å². The fraction of sp³-hybridized carbons (Fsp3) is 0.357. The highest BCUT2D eigenvalue weighted by atomic mass is 16.4. The van der Waals surface area contributed by atoms with Crippen LogP contribution in [-0.2, 0) is 16.1 Å². The maximum atomic E-state index is 12.3. The van der Waals surface area contributed by atoms with Crippen LogP contribution < -0.4 is 0 Å². The standard InChI is InChI=1S/C14H15N3O3/c18-13(16-7-3-6-12(16)14(19)20)9-17-11-5-2-1-4-10(11)8-15-17/h1-2,4-5,8,12H,3,6-7,9H2,(H,19,20)/t12-/m0/s1. The van der Waals surface area contributed by atoms with Gasteiger partial charge in [0.15, 0.2) is 0 Å². The predicted molar refractivity (Wildman–Crippen MR) is 72.1 cm³/mol. The second kappa shape index (κ2) is 4.96. The second-order valence-corrected chi connectivity index (χ2v) is 4.94. The lowest BCUT2D eigenvalue weighted by atomic mass is 10.2. The normalized spacial score (nSPS) is 18.6. The predicted octanol–water partition coefficient (Wildman–Crippen LogP) is 1.11. The smallest absolute Gasteiger partial charge is 0.326 e. The van der Waals surface area contributed by atoms with Crippen LogP contribution in [0.2, 0.25) is 0 Å². The first-order chi connectivity index (χ1) is 9.66. The molecule has 0 radical (unpaired) electrons. The van der Waals surface area contributed by atoms with Crippen molar-refractivity contribution in [3.8, 4) is 0 Å². The van der Waals surface area contributed by atoms with Gasteiger partial charge >= 0.3 is 5.97 Å². The lowest BCUT2D eigenvalue weighted by Gasteiger charge is -2.21. The van der Waals surface area contributed by atoms with Gasteiger partial charge in [0.2, 0.25) is 5.91 Å². The number of likely N-dealkylation sites (tertiary alicyclic amines) is 1. The maximum Gasteiger partial charge on any atom is 0.326 e. The molecule has 1 saturated heterocycles. The van der Waals surface area contributed by atoms with E-state index in [0.29, 0.717) is 13.0 Å². The van der Waals surface area contributed by atoms with E-state index in [4.69, 9.17) is 5.11 Å². The van der Waals surface area contributed by atoms with Gasteiger partial charge in [0.25, 0.3) is 0 Å². The highest BCUT2D eigenvalue weighted by Crippen LogP contribution is 2.19. The number of carbonyl (C=O) groups is 2. The lowest BCUT2D eigenvalue weighted by Crippen LogP contribution is -2.42. The Morgan fingerprint density at radius 1 is 1.35 bits per heavy atom. The van der Waals surface area contributed by atoms with Crippen LogP contribution in [0, 0.1) is 0 Å². The molecule has 1 aromatic carbocycles. The first-order valence-electron chi connectivity index (χ1n) is 6.59. The molecule has 20 heavy (non-hydrogen) atoms. The fourth-order valence-electron chi connectivity index (χ4n) is 2.69. The minimum Gasteiger partial charge on any atom is -0.480 e. The van der Waals surface area contributed by atoms with Crippen molar-refractivity contribution in [2.24, 2.45) is 0 Å². The number of rotatable bonds is 3. The Labute approximate surface area is 115 Å². The number of carbonyl (C=O) groups excluding carboxylic acids is 1. The van der Waals surface area contributed by atoms with Crippen LogP contribution in [-0.4, -0.2) is 44.3 Å². The first kappa shape index (κ1) is 12.7. The quantitative estimate of drug-likeness (QED) is 0.909. The van der Waals surface area contributed by atoms with E-state index in [9.17, 15) is 9.59 Å². The number of benzene rings is 1. The summed E-state index contributed by atoms with van der Waals surface area (Å²) < 4.78 is 1.62. The number of aromatic nitrogens is 2. The average molecular weight is 273 g/mol. The highest BCUT2D eigenvalue weighted by Gasteiger charge is 2.33. The molecule has 0 spiro atoms. The topological polar surface area (TPSA) is 75.4 Å². The molecule has 2 aromatic rings. The van der Waals surface area contributed by atoms with E-state index >= 15 is 0 Å². The number of fused-ring (bicyclic) bond motifs is 1. The summed E-state index contributed by atoms with van der Waals surface area (Å²) in [4.78, 5) is 24.8. The van der Waals surface area contributed by atoms with Gasteiger partial charge in [-0.15, -0.1) is 0 Å². The van der Waals surface area contributed by atoms with E-state index in [-0.39, 0.29) is 12.5 Å². The fourth-order valence-corrected chi connectivity index (χ4v) is 2.69. The van der Waals surface area contributed by atoms with Gasteiger partial charge in [0, 0.05) is 11.9 Å². The molecule has 1 aliphatic heterocycles. The SMILES string of the molecule is O=C(O)[C@@H]1CCCN1C(=O)Cn1ncc2ccccc21. The van der Waals surface area contributed by atoms with Crippen LogP contribution in [0.5, 0.6) is 0 Å². The van der Waals surface area contributed by atoms with Crippen molar-refractivity contribution in [3.05, 3.63) is 30.5 Å². The Balaban J connectivity index is 1.80. The van der Waals surface area contributed by atoms with Crippen molar-refractivity contribution in [1.82, 2.24) is 14.7 Å². The Bertz CT molecular complexity index is 664. The van der Waals surface area contributed by atoms with Crippen LogP contribution in [0.25, 0.3) is 10.9 Å². The Morgan fingerprint density at radius 3 is 2.95 bits per heavy atom. The maximum absolute atomic E-state index is 12.3. The van der Waals surface area contributed by atoms with Gasteiger partial charge < -0.3 is 10.0 Å². The third-order valence-corrected chi connectivity index (χ3v) is 3.69. The minimum absolute atomic E-state index is 0.0806. The average Bonchev–Trinajstić information content (AvgIpc) is 3.06. The second-order valence-electron chi connectivity index (χ2n) is 4.94. The number of carboxylic acid groups (broad SMARTS) is 1. The Hall–Kier alpha value is -2.37. The molecular formula is C14H15N3O3. The molecule has 0 aliphatic carbocycles. The number of aliphatic carboxylic acids is 1. The van der Waals surface area contributed by atoms with Gasteiger partial charge in [0.1, 0.15) is 12.6 Å². The minimum atomic E-state index is -0.929. The molecule has 1 aromatic heterocycles. The van der Waals surface area contributed by atoms with E-state index in [1.165, 1.54) is 4.90 Å². The molecule has 1 N–H and O–H groups in total. The highest BCUT2D eigenvalue weighted by molar-refractivity contribution is 5.85. The Kier molecular flexibility index (Phi) is 3.14. The van der Waals surface area contributed by atoms with Crippen LogP contribution in [0.1, 0.15) is 12.8 Å². The van der Waals surface area contributed by atoms with Gasteiger partial charge in [-0.05, 0) is 18.9 Å². The van der Waals surface area contributed by atoms with Gasteiger partial charge in [-0.2, -0.15) is 5.10 Å². The molecule has 104 valence electrons. The molecule has 3 rings (SSSR count). The molecule has 6 heteroatoms. The van der Waals surface area contributed by atoms with Gasteiger partial charge in [-0.25, -0.2) is 4.79 Å². The van der Waals surface area contributed by atoms with E-state index < -0.39 is 12.0 Å². The molecule has 6 nitrogen and oxygen atoms in total. The third-order valence-electron chi connectivity index (χ3n) is 3.69. The number of hydrogen-bond acceptors (Lipinski definition) is 3.